The zero-order valence-electron chi connectivity index (χ0n) is 18.9. The summed E-state index contributed by atoms with van der Waals surface area (Å²) in [5.41, 5.74) is 4.29. The predicted octanol–water partition coefficient (Wildman–Crippen LogP) is 6.18. The second-order valence-corrected chi connectivity index (χ2v) is 9.06. The van der Waals surface area contributed by atoms with E-state index in [1.165, 1.54) is 0 Å². The zero-order chi connectivity index (χ0) is 23.1. The predicted molar refractivity (Wildman–Crippen MR) is 136 cm³/mol. The first-order valence-electron chi connectivity index (χ1n) is 10.7. The maximum atomic E-state index is 13.7. The van der Waals surface area contributed by atoms with E-state index in [1.807, 2.05) is 61.7 Å². The molecule has 1 aliphatic heterocycles. The summed E-state index contributed by atoms with van der Waals surface area (Å²) >= 11 is 8.40. The van der Waals surface area contributed by atoms with Crippen molar-refractivity contribution in [3.63, 3.8) is 0 Å². The fraction of sp³-hybridized carbons (Fsp3) is 0.308. The van der Waals surface area contributed by atoms with Gasteiger partial charge in [-0.05, 0) is 36.8 Å². The molecule has 0 saturated heterocycles. The highest BCUT2D eigenvalue weighted by Gasteiger charge is 2.34. The van der Waals surface area contributed by atoms with E-state index in [1.54, 1.807) is 25.9 Å². The number of ketones is 1. The number of hydrogen-bond acceptors (Lipinski definition) is 5. The lowest BCUT2D eigenvalue weighted by atomic mass is 9.79. The van der Waals surface area contributed by atoms with E-state index >= 15 is 0 Å². The van der Waals surface area contributed by atoms with Gasteiger partial charge in [-0.15, -0.1) is 11.8 Å². The number of thioether (sulfide) groups is 1. The lowest BCUT2D eigenvalue weighted by molar-refractivity contribution is -0.115. The lowest BCUT2D eigenvalue weighted by Gasteiger charge is -2.32. The summed E-state index contributed by atoms with van der Waals surface area (Å²) < 4.78 is 5.47. The van der Waals surface area contributed by atoms with E-state index in [0.717, 1.165) is 39.6 Å². The molecule has 0 radical (unpaired) electrons. The summed E-state index contributed by atoms with van der Waals surface area (Å²) in [7, 11) is 3.37. The van der Waals surface area contributed by atoms with Crippen LogP contribution in [-0.2, 0) is 11.2 Å². The first kappa shape index (κ1) is 24.1. The quantitative estimate of drug-likeness (QED) is 0.446. The van der Waals surface area contributed by atoms with Gasteiger partial charge in [0.15, 0.2) is 5.78 Å². The number of aliphatic imine (C=N–C) groups is 1. The number of nitrogens with one attached hydrogen (secondary N) is 1. The molecule has 2 aromatic carbocycles. The number of ether oxygens (including phenoxy) is 1. The Bertz CT molecular complexity index is 1080. The topological polar surface area (TPSA) is 50.7 Å². The minimum absolute atomic E-state index is 0.0333. The van der Waals surface area contributed by atoms with Crippen molar-refractivity contribution in [3.05, 3.63) is 86.6 Å². The highest BCUT2D eigenvalue weighted by atomic mass is 35.5. The molecule has 0 spiro atoms. The van der Waals surface area contributed by atoms with Gasteiger partial charge in [0.2, 0.25) is 0 Å². The molecule has 1 heterocycles. The van der Waals surface area contributed by atoms with Gasteiger partial charge in [0.05, 0.1) is 12.1 Å². The van der Waals surface area contributed by atoms with Gasteiger partial charge in [-0.2, -0.15) is 0 Å². The molecule has 3 rings (SSSR count). The van der Waals surface area contributed by atoms with Crippen molar-refractivity contribution >= 4 is 35.4 Å². The van der Waals surface area contributed by atoms with E-state index in [0.29, 0.717) is 16.3 Å². The summed E-state index contributed by atoms with van der Waals surface area (Å²) in [5.74, 6) is 1.42. The molecule has 0 aromatic heterocycles. The van der Waals surface area contributed by atoms with E-state index in [2.05, 4.69) is 17.2 Å². The van der Waals surface area contributed by atoms with Crippen LogP contribution in [0.1, 0.15) is 37.3 Å². The molecule has 0 bridgehead atoms. The minimum Gasteiger partial charge on any atom is -0.496 e. The van der Waals surface area contributed by atoms with Crippen molar-refractivity contribution in [1.82, 2.24) is 5.32 Å². The molecule has 4 nitrogen and oxygen atoms in total. The Hall–Kier alpha value is -2.50. The monoisotopic (exact) mass is 468 g/mol. The van der Waals surface area contributed by atoms with Crippen LogP contribution in [-0.4, -0.2) is 31.9 Å². The summed E-state index contributed by atoms with van der Waals surface area (Å²) in [4.78, 5) is 18.1. The average Bonchev–Trinajstić information content (AvgIpc) is 2.79. The molecular weight excluding hydrogens is 440 g/mol. The first-order valence-corrected chi connectivity index (χ1v) is 12.0. The van der Waals surface area contributed by atoms with Crippen molar-refractivity contribution in [2.45, 2.75) is 32.6 Å². The number of carbonyl (C=O) groups is 1. The van der Waals surface area contributed by atoms with Crippen LogP contribution in [0.15, 0.2) is 75.4 Å². The van der Waals surface area contributed by atoms with Crippen molar-refractivity contribution in [3.8, 4) is 5.75 Å². The van der Waals surface area contributed by atoms with Gasteiger partial charge >= 0.3 is 0 Å². The molecule has 1 N–H and O–H groups in total. The van der Waals surface area contributed by atoms with Gasteiger partial charge in [-0.1, -0.05) is 54.9 Å². The molecule has 1 unspecified atom stereocenters. The highest BCUT2D eigenvalue weighted by Crippen LogP contribution is 2.43. The third kappa shape index (κ3) is 5.28. The van der Waals surface area contributed by atoms with Crippen LogP contribution in [0.4, 0.5) is 0 Å². The van der Waals surface area contributed by atoms with Gasteiger partial charge < -0.3 is 10.1 Å². The van der Waals surface area contributed by atoms with Gasteiger partial charge in [0.25, 0.3) is 0 Å². The highest BCUT2D eigenvalue weighted by molar-refractivity contribution is 8.03. The third-order valence-corrected chi connectivity index (χ3v) is 6.93. The fourth-order valence-electron chi connectivity index (χ4n) is 3.93. The standard InChI is InChI=1S/C26H29ClN2O2S/c1-5-14-32-26-20(16-28-3)25(19-11-7-8-12-21(19)27)24(17(2)29-26)22(30)15-18-10-6-9-13-23(18)31-4/h6-13,16,25,29H,5,14-15H2,1-4H3. The second kappa shape index (κ2) is 11.4. The molecule has 0 fully saturated rings. The molecule has 0 saturated carbocycles. The molecule has 168 valence electrons. The Morgan fingerprint density at radius 2 is 1.94 bits per heavy atom. The van der Waals surface area contributed by atoms with Crippen LogP contribution < -0.4 is 10.1 Å². The number of Topliss-reactive ketones (excluding diaryl/α,β-unsaturated/α-hetero) is 1. The lowest BCUT2D eigenvalue weighted by Crippen LogP contribution is -2.29. The number of allylic oxidation sites excluding steroid dienone is 3. The number of benzene rings is 2. The molecule has 1 atom stereocenters. The van der Waals surface area contributed by atoms with Crippen LogP contribution in [0.2, 0.25) is 5.02 Å². The molecule has 2 aromatic rings. The summed E-state index contributed by atoms with van der Waals surface area (Å²) in [6.07, 6.45) is 3.14. The molecule has 1 aliphatic rings. The third-order valence-electron chi connectivity index (χ3n) is 5.35. The van der Waals surface area contributed by atoms with Crippen molar-refractivity contribution in [1.29, 1.82) is 0 Å². The Morgan fingerprint density at radius 1 is 1.22 bits per heavy atom. The van der Waals surface area contributed by atoms with Gasteiger partial charge in [-0.25, -0.2) is 0 Å². The molecule has 32 heavy (non-hydrogen) atoms. The largest absolute Gasteiger partial charge is 0.496 e. The number of methoxy groups -OCH3 is 1. The summed E-state index contributed by atoms with van der Waals surface area (Å²) in [6.45, 7) is 4.12. The smallest absolute Gasteiger partial charge is 0.166 e. The van der Waals surface area contributed by atoms with E-state index in [9.17, 15) is 4.79 Å². The first-order chi connectivity index (χ1) is 15.5. The SMILES string of the molecule is CCCSC1=C(C=NC)C(c2ccccc2Cl)C(C(=O)Cc2ccccc2OC)=C(C)N1. The van der Waals surface area contributed by atoms with Gasteiger partial charge in [0.1, 0.15) is 5.75 Å². The van der Waals surface area contributed by atoms with Gasteiger partial charge in [-0.3, -0.25) is 9.79 Å². The fourth-order valence-corrected chi connectivity index (χ4v) is 5.14. The minimum atomic E-state index is -0.296. The van der Waals surface area contributed by atoms with E-state index in [-0.39, 0.29) is 18.1 Å². The van der Waals surface area contributed by atoms with Crippen molar-refractivity contribution < 1.29 is 9.53 Å². The number of dihydropyridines is 1. The van der Waals surface area contributed by atoms with E-state index in [4.69, 9.17) is 16.3 Å². The number of halogens is 1. The second-order valence-electron chi connectivity index (χ2n) is 7.55. The maximum absolute atomic E-state index is 13.7. The molecule has 0 aliphatic carbocycles. The van der Waals surface area contributed by atoms with Crippen LogP contribution in [0, 0.1) is 0 Å². The molecule has 6 heteroatoms. The number of para-hydroxylation sites is 1. The summed E-state index contributed by atoms with van der Waals surface area (Å²) in [5, 5.41) is 5.14. The Morgan fingerprint density at radius 3 is 2.62 bits per heavy atom. The van der Waals surface area contributed by atoms with Crippen LogP contribution in [0.25, 0.3) is 0 Å². The normalized spacial score (nSPS) is 16.5. The van der Waals surface area contributed by atoms with Crippen molar-refractivity contribution in [2.75, 3.05) is 19.9 Å². The number of hydrogen-bond donors (Lipinski definition) is 1. The van der Waals surface area contributed by atoms with E-state index < -0.39 is 0 Å². The zero-order valence-corrected chi connectivity index (χ0v) is 20.5. The van der Waals surface area contributed by atoms with Crippen LogP contribution in [0.5, 0.6) is 5.75 Å². The van der Waals surface area contributed by atoms with Crippen LogP contribution in [0.3, 0.4) is 0 Å². The number of nitrogens with zero attached hydrogens (tertiary/aromatic N) is 1. The molecular formula is C26H29ClN2O2S. The van der Waals surface area contributed by atoms with Crippen LogP contribution >= 0.6 is 23.4 Å². The number of carbonyl (C=O) groups excluding carboxylic acids is 1. The van der Waals surface area contributed by atoms with Gasteiger partial charge in [0, 0.05) is 53.0 Å². The maximum Gasteiger partial charge on any atom is 0.166 e. The Kier molecular flexibility index (Phi) is 8.60. The van der Waals surface area contributed by atoms with Crippen molar-refractivity contribution in [2.24, 2.45) is 4.99 Å². The molecule has 0 amide bonds. The Labute approximate surface area is 199 Å². The number of rotatable bonds is 9. The summed E-state index contributed by atoms with van der Waals surface area (Å²) in [6, 6.07) is 15.4. The average molecular weight is 469 g/mol. The Balaban J connectivity index is 2.12.